The standard InChI is InChI=1S/C14H20ClNO3S/c1-3-11-6-4-5-9-16(11)20(17,18)12-7-8-13(15)14(10-12)19-2/h7-8,10-11H,3-6,9H2,1-2H3. The maximum Gasteiger partial charge on any atom is 0.243 e. The lowest BCUT2D eigenvalue weighted by molar-refractivity contribution is 0.246. The molecule has 1 aromatic carbocycles. The predicted octanol–water partition coefficient (Wildman–Crippen LogP) is 3.30. The van der Waals surface area contributed by atoms with E-state index < -0.39 is 10.0 Å². The van der Waals surface area contributed by atoms with Gasteiger partial charge in [-0.1, -0.05) is 24.9 Å². The van der Waals surface area contributed by atoms with Gasteiger partial charge in [0.1, 0.15) is 5.75 Å². The number of hydrogen-bond acceptors (Lipinski definition) is 3. The molecule has 1 unspecified atom stereocenters. The van der Waals surface area contributed by atoms with Gasteiger partial charge in [0, 0.05) is 18.7 Å². The van der Waals surface area contributed by atoms with Crippen molar-refractivity contribution < 1.29 is 13.2 Å². The van der Waals surface area contributed by atoms with Gasteiger partial charge in [0.25, 0.3) is 0 Å². The van der Waals surface area contributed by atoms with Gasteiger partial charge in [-0.3, -0.25) is 0 Å². The van der Waals surface area contributed by atoms with E-state index in [0.29, 0.717) is 17.3 Å². The van der Waals surface area contributed by atoms with Gasteiger partial charge in [0.2, 0.25) is 10.0 Å². The molecular formula is C14H20ClNO3S. The van der Waals surface area contributed by atoms with E-state index in [9.17, 15) is 8.42 Å². The molecule has 20 heavy (non-hydrogen) atoms. The van der Waals surface area contributed by atoms with Crippen molar-refractivity contribution in [2.45, 2.75) is 43.5 Å². The molecule has 1 saturated heterocycles. The lowest BCUT2D eigenvalue weighted by Gasteiger charge is -2.34. The van der Waals surface area contributed by atoms with Crippen molar-refractivity contribution in [3.8, 4) is 5.75 Å². The van der Waals surface area contributed by atoms with Crippen molar-refractivity contribution in [3.05, 3.63) is 23.2 Å². The predicted molar refractivity (Wildman–Crippen MR) is 79.8 cm³/mol. The number of sulfonamides is 1. The maximum absolute atomic E-state index is 12.8. The van der Waals surface area contributed by atoms with E-state index in [-0.39, 0.29) is 10.9 Å². The van der Waals surface area contributed by atoms with Crippen molar-refractivity contribution in [2.75, 3.05) is 13.7 Å². The molecule has 6 heteroatoms. The fraction of sp³-hybridized carbons (Fsp3) is 0.571. The zero-order chi connectivity index (χ0) is 14.8. The van der Waals surface area contributed by atoms with Gasteiger partial charge < -0.3 is 4.74 Å². The number of methoxy groups -OCH3 is 1. The van der Waals surface area contributed by atoms with E-state index in [2.05, 4.69) is 0 Å². The number of nitrogens with zero attached hydrogens (tertiary/aromatic N) is 1. The summed E-state index contributed by atoms with van der Waals surface area (Å²) >= 11 is 5.95. The molecule has 0 bridgehead atoms. The Labute approximate surface area is 125 Å². The average Bonchev–Trinajstić information content (AvgIpc) is 2.47. The summed E-state index contributed by atoms with van der Waals surface area (Å²) in [6.07, 6.45) is 3.78. The lowest BCUT2D eigenvalue weighted by Crippen LogP contribution is -2.43. The zero-order valence-electron chi connectivity index (χ0n) is 11.8. The van der Waals surface area contributed by atoms with Gasteiger partial charge in [-0.2, -0.15) is 4.31 Å². The second-order valence-corrected chi connectivity index (χ2v) is 7.27. The minimum atomic E-state index is -3.48. The number of halogens is 1. The minimum absolute atomic E-state index is 0.0930. The van der Waals surface area contributed by atoms with Crippen LogP contribution in [0.1, 0.15) is 32.6 Å². The highest BCUT2D eigenvalue weighted by molar-refractivity contribution is 7.89. The van der Waals surface area contributed by atoms with Crippen LogP contribution >= 0.6 is 11.6 Å². The molecule has 112 valence electrons. The first-order valence-electron chi connectivity index (χ1n) is 6.86. The maximum atomic E-state index is 12.8. The topological polar surface area (TPSA) is 46.6 Å². The Hall–Kier alpha value is -0.780. The number of benzene rings is 1. The van der Waals surface area contributed by atoms with Crippen LogP contribution in [-0.4, -0.2) is 32.4 Å². The molecule has 4 nitrogen and oxygen atoms in total. The van der Waals surface area contributed by atoms with Gasteiger partial charge in [-0.25, -0.2) is 8.42 Å². The number of piperidine rings is 1. The number of ether oxygens (including phenoxy) is 1. The molecule has 1 atom stereocenters. The van der Waals surface area contributed by atoms with Crippen LogP contribution < -0.4 is 4.74 Å². The minimum Gasteiger partial charge on any atom is -0.495 e. The second kappa shape index (κ2) is 6.33. The van der Waals surface area contributed by atoms with Crippen LogP contribution in [0.4, 0.5) is 0 Å². The summed E-state index contributed by atoms with van der Waals surface area (Å²) < 4.78 is 32.3. The Morgan fingerprint density at radius 2 is 2.15 bits per heavy atom. The smallest absolute Gasteiger partial charge is 0.243 e. The van der Waals surface area contributed by atoms with Crippen LogP contribution in [0.15, 0.2) is 23.1 Å². The molecule has 1 heterocycles. The monoisotopic (exact) mass is 317 g/mol. The van der Waals surface area contributed by atoms with E-state index in [1.54, 1.807) is 16.4 Å². The largest absolute Gasteiger partial charge is 0.495 e. The Bertz CT molecular complexity index is 574. The first kappa shape index (κ1) is 15.6. The summed E-state index contributed by atoms with van der Waals surface area (Å²) in [6.45, 7) is 2.62. The van der Waals surface area contributed by atoms with Crippen molar-refractivity contribution in [1.29, 1.82) is 0 Å². The molecule has 0 aliphatic carbocycles. The summed E-state index contributed by atoms with van der Waals surface area (Å²) in [5.74, 6) is 0.387. The van der Waals surface area contributed by atoms with E-state index in [0.717, 1.165) is 25.7 Å². The molecule has 0 radical (unpaired) electrons. The van der Waals surface area contributed by atoms with E-state index in [1.165, 1.54) is 13.2 Å². The lowest BCUT2D eigenvalue weighted by atomic mass is 10.0. The Morgan fingerprint density at radius 3 is 2.80 bits per heavy atom. The first-order valence-corrected chi connectivity index (χ1v) is 8.68. The molecule has 0 amide bonds. The van der Waals surface area contributed by atoms with Crippen LogP contribution in [0.2, 0.25) is 5.02 Å². The SMILES string of the molecule is CCC1CCCCN1S(=O)(=O)c1ccc(Cl)c(OC)c1. The fourth-order valence-corrected chi connectivity index (χ4v) is 4.61. The van der Waals surface area contributed by atoms with Crippen molar-refractivity contribution in [2.24, 2.45) is 0 Å². The van der Waals surface area contributed by atoms with Gasteiger partial charge in [-0.15, -0.1) is 0 Å². The van der Waals surface area contributed by atoms with Crippen molar-refractivity contribution in [3.63, 3.8) is 0 Å². The molecule has 0 spiro atoms. The summed E-state index contributed by atoms with van der Waals surface area (Å²) in [6, 6.07) is 4.70. The Morgan fingerprint density at radius 1 is 1.40 bits per heavy atom. The highest BCUT2D eigenvalue weighted by Gasteiger charge is 2.32. The van der Waals surface area contributed by atoms with Crippen molar-refractivity contribution in [1.82, 2.24) is 4.31 Å². The molecule has 0 N–H and O–H groups in total. The highest BCUT2D eigenvalue weighted by atomic mass is 35.5. The molecule has 1 aromatic rings. The Balaban J connectivity index is 2.38. The Kier molecular flexibility index (Phi) is 4.94. The van der Waals surface area contributed by atoms with Gasteiger partial charge >= 0.3 is 0 Å². The summed E-state index contributed by atoms with van der Waals surface area (Å²) in [5, 5.41) is 0.414. The fourth-order valence-electron chi connectivity index (χ4n) is 2.63. The second-order valence-electron chi connectivity index (χ2n) is 4.97. The van der Waals surface area contributed by atoms with E-state index in [4.69, 9.17) is 16.3 Å². The summed E-state index contributed by atoms with van der Waals surface area (Å²) in [5.41, 5.74) is 0. The van der Waals surface area contributed by atoms with Crippen LogP contribution in [0, 0.1) is 0 Å². The van der Waals surface area contributed by atoms with Crippen LogP contribution in [0.5, 0.6) is 5.75 Å². The third kappa shape index (κ3) is 2.95. The van der Waals surface area contributed by atoms with Gasteiger partial charge in [-0.05, 0) is 31.4 Å². The average molecular weight is 318 g/mol. The molecule has 2 rings (SSSR count). The van der Waals surface area contributed by atoms with Crippen LogP contribution in [-0.2, 0) is 10.0 Å². The normalized spacial score (nSPS) is 20.9. The molecule has 0 saturated carbocycles. The number of rotatable bonds is 4. The zero-order valence-corrected chi connectivity index (χ0v) is 13.4. The van der Waals surface area contributed by atoms with Crippen molar-refractivity contribution >= 4 is 21.6 Å². The highest BCUT2D eigenvalue weighted by Crippen LogP contribution is 2.31. The number of hydrogen-bond donors (Lipinski definition) is 0. The third-order valence-corrected chi connectivity index (χ3v) is 6.03. The van der Waals surface area contributed by atoms with E-state index >= 15 is 0 Å². The quantitative estimate of drug-likeness (QED) is 0.856. The third-order valence-electron chi connectivity index (χ3n) is 3.77. The summed E-state index contributed by atoms with van der Waals surface area (Å²) in [7, 11) is -2.00. The van der Waals surface area contributed by atoms with E-state index in [1.807, 2.05) is 6.92 Å². The van der Waals surface area contributed by atoms with Crippen LogP contribution in [0.25, 0.3) is 0 Å². The molecular weight excluding hydrogens is 298 g/mol. The van der Waals surface area contributed by atoms with Crippen LogP contribution in [0.3, 0.4) is 0 Å². The molecule has 1 aliphatic heterocycles. The first-order chi connectivity index (χ1) is 9.50. The van der Waals surface area contributed by atoms with Gasteiger partial charge in [0.05, 0.1) is 17.0 Å². The summed E-state index contributed by atoms with van der Waals surface area (Å²) in [4.78, 5) is 0.249. The van der Waals surface area contributed by atoms with Gasteiger partial charge in [0.15, 0.2) is 0 Å². The molecule has 1 fully saturated rings. The molecule has 0 aromatic heterocycles. The molecule has 1 aliphatic rings.